The second kappa shape index (κ2) is 10.1. The summed E-state index contributed by atoms with van der Waals surface area (Å²) in [5, 5.41) is 0. The monoisotopic (exact) mass is 472 g/mol. The van der Waals surface area contributed by atoms with E-state index in [1.54, 1.807) is 19.0 Å². The molecule has 34 heavy (non-hydrogen) atoms. The van der Waals surface area contributed by atoms with Crippen LogP contribution in [0.15, 0.2) is 24.3 Å². The van der Waals surface area contributed by atoms with Crippen LogP contribution in [0.4, 0.5) is 4.79 Å². The third-order valence-electron chi connectivity index (χ3n) is 7.11. The third kappa shape index (κ3) is 6.04. The topological polar surface area (TPSA) is 68.3 Å². The quantitative estimate of drug-likeness (QED) is 0.602. The first-order valence-corrected chi connectivity index (χ1v) is 12.7. The predicted octanol–water partition coefficient (Wildman–Crippen LogP) is 5.03. The first kappa shape index (κ1) is 24.8. The summed E-state index contributed by atoms with van der Waals surface area (Å²) in [6, 6.07) is 7.89. The van der Waals surface area contributed by atoms with Crippen molar-refractivity contribution in [3.63, 3.8) is 0 Å². The summed E-state index contributed by atoms with van der Waals surface area (Å²) in [6.45, 7) is 5.76. The predicted molar refractivity (Wildman–Crippen MR) is 130 cm³/mol. The van der Waals surface area contributed by atoms with Crippen LogP contribution in [0.1, 0.15) is 82.5 Å². The van der Waals surface area contributed by atoms with Gasteiger partial charge in [0.2, 0.25) is 0 Å². The minimum atomic E-state index is -0.462. The van der Waals surface area contributed by atoms with E-state index in [2.05, 4.69) is 0 Å². The fraction of sp³-hybridized carbons (Fsp3) is 0.704. The highest BCUT2D eigenvalue weighted by Gasteiger charge is 2.45. The summed E-state index contributed by atoms with van der Waals surface area (Å²) in [5.41, 5.74) is 0.206. The van der Waals surface area contributed by atoms with Crippen LogP contribution in [0.3, 0.4) is 0 Å². The van der Waals surface area contributed by atoms with Gasteiger partial charge in [-0.05, 0) is 96.4 Å². The Balaban J connectivity index is 1.22. The SMILES string of the molecule is CN(C)C(=O)c1ccc(OC2CCC(OC3C[C@@H]4CC[C@@H](C3)N4C(=O)OC(C)(C)C)CC2)cc1. The van der Waals surface area contributed by atoms with Gasteiger partial charge in [-0.25, -0.2) is 4.79 Å². The van der Waals surface area contributed by atoms with Gasteiger partial charge in [-0.15, -0.1) is 0 Å². The summed E-state index contributed by atoms with van der Waals surface area (Å²) >= 11 is 0. The zero-order valence-corrected chi connectivity index (χ0v) is 21.3. The van der Waals surface area contributed by atoms with Crippen LogP contribution >= 0.6 is 0 Å². The number of hydrogen-bond acceptors (Lipinski definition) is 5. The van der Waals surface area contributed by atoms with Crippen molar-refractivity contribution in [2.75, 3.05) is 14.1 Å². The van der Waals surface area contributed by atoms with Crippen molar-refractivity contribution in [2.45, 2.75) is 108 Å². The molecule has 2 heterocycles. The maximum absolute atomic E-state index is 12.7. The molecule has 1 saturated carbocycles. The van der Waals surface area contributed by atoms with Crippen LogP contribution in [0.5, 0.6) is 5.75 Å². The average molecular weight is 473 g/mol. The Hall–Kier alpha value is -2.28. The molecule has 7 nitrogen and oxygen atoms in total. The number of amides is 2. The molecule has 0 unspecified atom stereocenters. The Morgan fingerprint density at radius 1 is 0.853 bits per heavy atom. The van der Waals surface area contributed by atoms with Crippen molar-refractivity contribution >= 4 is 12.0 Å². The number of carbonyl (C=O) groups is 2. The van der Waals surface area contributed by atoms with E-state index in [4.69, 9.17) is 14.2 Å². The maximum Gasteiger partial charge on any atom is 0.410 e. The van der Waals surface area contributed by atoms with Gasteiger partial charge in [0, 0.05) is 31.7 Å². The lowest BCUT2D eigenvalue weighted by Gasteiger charge is -2.41. The van der Waals surface area contributed by atoms with Gasteiger partial charge in [0.15, 0.2) is 0 Å². The first-order chi connectivity index (χ1) is 16.1. The molecule has 0 aromatic heterocycles. The molecule has 188 valence electrons. The van der Waals surface area contributed by atoms with Crippen molar-refractivity contribution in [3.8, 4) is 5.75 Å². The molecule has 3 aliphatic rings. The van der Waals surface area contributed by atoms with Gasteiger partial charge in [0.25, 0.3) is 5.91 Å². The molecular weight excluding hydrogens is 432 g/mol. The molecule has 4 rings (SSSR count). The highest BCUT2D eigenvalue weighted by Crippen LogP contribution is 2.39. The minimum absolute atomic E-state index is 0.00503. The van der Waals surface area contributed by atoms with Gasteiger partial charge < -0.3 is 24.0 Å². The molecule has 2 saturated heterocycles. The average Bonchev–Trinajstić information content (AvgIpc) is 3.05. The van der Waals surface area contributed by atoms with E-state index in [9.17, 15) is 9.59 Å². The van der Waals surface area contributed by atoms with E-state index < -0.39 is 5.60 Å². The second-order valence-electron chi connectivity index (χ2n) is 11.2. The number of piperidine rings is 1. The molecule has 0 radical (unpaired) electrons. The molecule has 1 aromatic carbocycles. The largest absolute Gasteiger partial charge is 0.490 e. The summed E-state index contributed by atoms with van der Waals surface area (Å²) in [7, 11) is 3.50. The smallest absolute Gasteiger partial charge is 0.410 e. The Morgan fingerprint density at radius 2 is 1.41 bits per heavy atom. The van der Waals surface area contributed by atoms with Crippen molar-refractivity contribution in [3.05, 3.63) is 29.8 Å². The lowest BCUT2D eigenvalue weighted by molar-refractivity contribution is -0.0812. The molecule has 0 N–H and O–H groups in total. The zero-order valence-electron chi connectivity index (χ0n) is 21.3. The number of nitrogens with zero attached hydrogens (tertiary/aromatic N) is 2. The van der Waals surface area contributed by atoms with Crippen molar-refractivity contribution in [1.29, 1.82) is 0 Å². The number of fused-ring (bicyclic) bond motifs is 2. The second-order valence-corrected chi connectivity index (χ2v) is 11.2. The fourth-order valence-corrected chi connectivity index (χ4v) is 5.54. The highest BCUT2D eigenvalue weighted by molar-refractivity contribution is 5.93. The summed E-state index contributed by atoms with van der Waals surface area (Å²) in [4.78, 5) is 28.3. The lowest BCUT2D eigenvalue weighted by Crippen LogP contribution is -2.50. The summed E-state index contributed by atoms with van der Waals surface area (Å²) in [6.07, 6.45) is 8.31. The van der Waals surface area contributed by atoms with Crippen LogP contribution in [-0.4, -0.2) is 71.9 Å². The van der Waals surface area contributed by atoms with Gasteiger partial charge in [0.1, 0.15) is 11.4 Å². The lowest BCUT2D eigenvalue weighted by atomic mass is 9.93. The maximum atomic E-state index is 12.7. The third-order valence-corrected chi connectivity index (χ3v) is 7.11. The Kier molecular flexibility index (Phi) is 7.41. The standard InChI is InChI=1S/C27H40N2O5/c1-27(2,3)34-26(31)29-19-8-9-20(29)17-24(16-19)33-23-14-12-22(13-15-23)32-21-10-6-18(7-11-21)25(30)28(4)5/h6-7,10-11,19-20,22-24H,8-9,12-17H2,1-5H3/t19-,20-,22?,23?/m0/s1. The fourth-order valence-electron chi connectivity index (χ4n) is 5.54. The summed E-state index contributed by atoms with van der Waals surface area (Å²) in [5.74, 6) is 0.806. The zero-order chi connectivity index (χ0) is 24.5. The molecule has 0 spiro atoms. The number of rotatable bonds is 5. The van der Waals surface area contributed by atoms with E-state index in [-0.39, 0.29) is 42.4 Å². The first-order valence-electron chi connectivity index (χ1n) is 12.7. The van der Waals surface area contributed by atoms with Crippen molar-refractivity contribution in [2.24, 2.45) is 0 Å². The van der Waals surface area contributed by atoms with Crippen LogP contribution in [-0.2, 0) is 9.47 Å². The Bertz CT molecular complexity index is 841. The van der Waals surface area contributed by atoms with Crippen LogP contribution in [0.25, 0.3) is 0 Å². The molecule has 2 atom stereocenters. The van der Waals surface area contributed by atoms with E-state index >= 15 is 0 Å². The van der Waals surface area contributed by atoms with Crippen molar-refractivity contribution < 1.29 is 23.8 Å². The minimum Gasteiger partial charge on any atom is -0.490 e. The van der Waals surface area contributed by atoms with Gasteiger partial charge in [-0.2, -0.15) is 0 Å². The number of benzene rings is 1. The van der Waals surface area contributed by atoms with Crippen molar-refractivity contribution in [1.82, 2.24) is 9.80 Å². The normalized spacial score (nSPS) is 29.0. The Morgan fingerprint density at radius 3 is 1.94 bits per heavy atom. The number of hydrogen-bond donors (Lipinski definition) is 0. The molecular formula is C27H40N2O5. The molecule has 2 amide bonds. The molecule has 1 aliphatic carbocycles. The van der Waals surface area contributed by atoms with Crippen LogP contribution in [0.2, 0.25) is 0 Å². The van der Waals surface area contributed by atoms with Gasteiger partial charge in [-0.1, -0.05) is 0 Å². The van der Waals surface area contributed by atoms with Crippen LogP contribution in [0, 0.1) is 0 Å². The van der Waals surface area contributed by atoms with Gasteiger partial charge in [0.05, 0.1) is 18.3 Å². The van der Waals surface area contributed by atoms with Crippen LogP contribution < -0.4 is 4.74 Å². The van der Waals surface area contributed by atoms with Gasteiger partial charge >= 0.3 is 6.09 Å². The number of carbonyl (C=O) groups excluding carboxylic acids is 2. The molecule has 2 aliphatic heterocycles. The Labute approximate surface area is 203 Å². The van der Waals surface area contributed by atoms with E-state index in [1.165, 1.54) is 0 Å². The van der Waals surface area contributed by atoms with E-state index in [0.717, 1.165) is 57.1 Å². The van der Waals surface area contributed by atoms with E-state index in [1.807, 2.05) is 49.9 Å². The van der Waals surface area contributed by atoms with E-state index in [0.29, 0.717) is 5.56 Å². The molecule has 3 fully saturated rings. The number of ether oxygens (including phenoxy) is 3. The highest BCUT2D eigenvalue weighted by atomic mass is 16.6. The van der Waals surface area contributed by atoms with Gasteiger partial charge in [-0.3, -0.25) is 4.79 Å². The molecule has 2 bridgehead atoms. The summed E-state index contributed by atoms with van der Waals surface area (Å²) < 4.78 is 18.3. The molecule has 7 heteroatoms. The molecule has 1 aromatic rings.